The Balaban J connectivity index is 1.91. The standard InChI is InChI=1S/C17H25FN2OS/c1-3-9-22-12-17(21)19-14-5-4-8-20(11-14)16-10-13(2)6-7-15(16)18/h6-7,10,14H,3-5,8-9,11-12H2,1-2H3,(H,19,21). The fourth-order valence-electron chi connectivity index (χ4n) is 2.76. The Kier molecular flexibility index (Phi) is 6.55. The van der Waals surface area contributed by atoms with Gasteiger partial charge in [0, 0.05) is 19.1 Å². The first-order chi connectivity index (χ1) is 10.6. The van der Waals surface area contributed by atoms with Crippen LogP contribution in [0.1, 0.15) is 31.7 Å². The van der Waals surface area contributed by atoms with Crippen molar-refractivity contribution in [3.05, 3.63) is 29.6 Å². The lowest BCUT2D eigenvalue weighted by molar-refractivity contribution is -0.119. The number of benzene rings is 1. The van der Waals surface area contributed by atoms with Gasteiger partial charge in [-0.1, -0.05) is 13.0 Å². The molecule has 5 heteroatoms. The number of anilines is 1. The molecule has 1 amide bonds. The van der Waals surface area contributed by atoms with Crippen LogP contribution in [0.25, 0.3) is 0 Å². The molecule has 0 aliphatic carbocycles. The summed E-state index contributed by atoms with van der Waals surface area (Å²) in [6.45, 7) is 5.61. The van der Waals surface area contributed by atoms with E-state index in [4.69, 9.17) is 0 Å². The SMILES string of the molecule is CCCSCC(=O)NC1CCCN(c2cc(C)ccc2F)C1. The first-order valence-electron chi connectivity index (χ1n) is 7.98. The monoisotopic (exact) mass is 324 g/mol. The van der Waals surface area contributed by atoms with Crippen LogP contribution < -0.4 is 10.2 Å². The van der Waals surface area contributed by atoms with Crippen molar-refractivity contribution in [2.24, 2.45) is 0 Å². The second-order valence-corrected chi connectivity index (χ2v) is 6.97. The molecule has 1 atom stereocenters. The lowest BCUT2D eigenvalue weighted by Gasteiger charge is -2.35. The number of halogens is 1. The van der Waals surface area contributed by atoms with Crippen molar-refractivity contribution in [3.8, 4) is 0 Å². The van der Waals surface area contributed by atoms with Crippen molar-refractivity contribution in [2.75, 3.05) is 29.5 Å². The number of rotatable bonds is 6. The minimum Gasteiger partial charge on any atom is -0.367 e. The lowest BCUT2D eigenvalue weighted by atomic mass is 10.0. The highest BCUT2D eigenvalue weighted by atomic mass is 32.2. The van der Waals surface area contributed by atoms with Crippen LogP contribution in [0.4, 0.5) is 10.1 Å². The predicted molar refractivity (Wildman–Crippen MR) is 92.1 cm³/mol. The van der Waals surface area contributed by atoms with Gasteiger partial charge in [-0.05, 0) is 49.6 Å². The van der Waals surface area contributed by atoms with E-state index in [1.54, 1.807) is 17.8 Å². The van der Waals surface area contributed by atoms with Gasteiger partial charge in [-0.3, -0.25) is 4.79 Å². The summed E-state index contributed by atoms with van der Waals surface area (Å²) < 4.78 is 14.0. The molecule has 22 heavy (non-hydrogen) atoms. The van der Waals surface area contributed by atoms with E-state index in [1.165, 1.54) is 6.07 Å². The van der Waals surface area contributed by atoms with Crippen molar-refractivity contribution in [2.45, 2.75) is 39.2 Å². The zero-order valence-electron chi connectivity index (χ0n) is 13.4. The van der Waals surface area contributed by atoms with E-state index in [0.717, 1.165) is 37.1 Å². The van der Waals surface area contributed by atoms with Crippen molar-refractivity contribution >= 4 is 23.4 Å². The maximum absolute atomic E-state index is 14.0. The predicted octanol–water partition coefficient (Wildman–Crippen LogP) is 3.36. The van der Waals surface area contributed by atoms with Crippen LogP contribution >= 0.6 is 11.8 Å². The highest BCUT2D eigenvalue weighted by Crippen LogP contribution is 2.24. The summed E-state index contributed by atoms with van der Waals surface area (Å²) >= 11 is 1.67. The average Bonchev–Trinajstić information content (AvgIpc) is 2.50. The number of amides is 1. The Morgan fingerprint density at radius 2 is 2.32 bits per heavy atom. The van der Waals surface area contributed by atoms with Gasteiger partial charge in [0.15, 0.2) is 0 Å². The first kappa shape index (κ1) is 17.1. The van der Waals surface area contributed by atoms with Gasteiger partial charge in [-0.25, -0.2) is 4.39 Å². The number of nitrogens with zero attached hydrogens (tertiary/aromatic N) is 1. The van der Waals surface area contributed by atoms with E-state index in [-0.39, 0.29) is 17.8 Å². The largest absolute Gasteiger partial charge is 0.367 e. The minimum absolute atomic E-state index is 0.0926. The smallest absolute Gasteiger partial charge is 0.230 e. The Bertz CT molecular complexity index is 509. The number of hydrogen-bond acceptors (Lipinski definition) is 3. The normalized spacial score (nSPS) is 18.3. The van der Waals surface area contributed by atoms with Crippen LogP contribution in [0, 0.1) is 12.7 Å². The van der Waals surface area contributed by atoms with E-state index < -0.39 is 0 Å². The fraction of sp³-hybridized carbons (Fsp3) is 0.588. The third kappa shape index (κ3) is 4.90. The van der Waals surface area contributed by atoms with Gasteiger partial charge in [0.1, 0.15) is 5.82 Å². The Morgan fingerprint density at radius 1 is 1.50 bits per heavy atom. The Hall–Kier alpha value is -1.23. The molecule has 2 rings (SSSR count). The van der Waals surface area contributed by atoms with Gasteiger partial charge in [0.25, 0.3) is 0 Å². The van der Waals surface area contributed by atoms with Gasteiger partial charge >= 0.3 is 0 Å². The molecule has 0 radical (unpaired) electrons. The third-order valence-corrected chi connectivity index (χ3v) is 4.97. The molecule has 122 valence electrons. The molecule has 1 N–H and O–H groups in total. The van der Waals surface area contributed by atoms with Crippen molar-refractivity contribution in [3.63, 3.8) is 0 Å². The summed E-state index contributed by atoms with van der Waals surface area (Å²) in [5, 5.41) is 3.09. The fourth-order valence-corrected chi connectivity index (χ4v) is 3.46. The van der Waals surface area contributed by atoms with Crippen LogP contribution in [0.3, 0.4) is 0 Å². The number of carbonyl (C=O) groups is 1. The molecule has 1 unspecified atom stereocenters. The van der Waals surface area contributed by atoms with Crippen molar-refractivity contribution < 1.29 is 9.18 Å². The maximum Gasteiger partial charge on any atom is 0.230 e. The van der Waals surface area contributed by atoms with Crippen molar-refractivity contribution in [1.82, 2.24) is 5.32 Å². The molecule has 1 fully saturated rings. The Morgan fingerprint density at radius 3 is 3.09 bits per heavy atom. The molecule has 1 aliphatic heterocycles. The van der Waals surface area contributed by atoms with Gasteiger partial charge in [-0.2, -0.15) is 11.8 Å². The van der Waals surface area contributed by atoms with E-state index in [0.29, 0.717) is 18.0 Å². The summed E-state index contributed by atoms with van der Waals surface area (Å²) in [6, 6.07) is 5.31. The van der Waals surface area contributed by atoms with E-state index in [1.807, 2.05) is 13.0 Å². The molecule has 0 bridgehead atoms. The summed E-state index contributed by atoms with van der Waals surface area (Å²) in [5.74, 6) is 1.44. The zero-order chi connectivity index (χ0) is 15.9. The second kappa shape index (κ2) is 8.42. The van der Waals surface area contributed by atoms with Crippen LogP contribution in [0.15, 0.2) is 18.2 Å². The van der Waals surface area contributed by atoms with Crippen molar-refractivity contribution in [1.29, 1.82) is 0 Å². The third-order valence-electron chi connectivity index (χ3n) is 3.81. The lowest BCUT2D eigenvalue weighted by Crippen LogP contribution is -2.48. The number of thioether (sulfide) groups is 1. The summed E-state index contributed by atoms with van der Waals surface area (Å²) in [7, 11) is 0. The molecule has 1 saturated heterocycles. The number of aryl methyl sites for hydroxylation is 1. The quantitative estimate of drug-likeness (QED) is 0.814. The number of carbonyl (C=O) groups excluding carboxylic acids is 1. The molecule has 1 aromatic rings. The molecule has 1 heterocycles. The summed E-state index contributed by atoms with van der Waals surface area (Å²) in [5.41, 5.74) is 1.71. The van der Waals surface area contributed by atoms with Crippen LogP contribution in [0.5, 0.6) is 0 Å². The Labute approximate surface area is 136 Å². The maximum atomic E-state index is 14.0. The molecule has 0 saturated carbocycles. The second-order valence-electron chi connectivity index (χ2n) is 5.86. The van der Waals surface area contributed by atoms with E-state index >= 15 is 0 Å². The number of hydrogen-bond donors (Lipinski definition) is 1. The highest BCUT2D eigenvalue weighted by molar-refractivity contribution is 7.99. The number of piperidine rings is 1. The molecular weight excluding hydrogens is 299 g/mol. The molecular formula is C17H25FN2OS. The van der Waals surface area contributed by atoms with E-state index in [9.17, 15) is 9.18 Å². The molecule has 0 spiro atoms. The highest BCUT2D eigenvalue weighted by Gasteiger charge is 2.23. The zero-order valence-corrected chi connectivity index (χ0v) is 14.2. The van der Waals surface area contributed by atoms with Crippen LogP contribution in [-0.2, 0) is 4.79 Å². The summed E-state index contributed by atoms with van der Waals surface area (Å²) in [4.78, 5) is 14.0. The van der Waals surface area contributed by atoms with E-state index in [2.05, 4.69) is 17.1 Å². The van der Waals surface area contributed by atoms with Crippen LogP contribution in [0.2, 0.25) is 0 Å². The van der Waals surface area contributed by atoms with Gasteiger partial charge in [-0.15, -0.1) is 0 Å². The molecule has 0 aromatic heterocycles. The van der Waals surface area contributed by atoms with Crippen LogP contribution in [-0.4, -0.2) is 36.5 Å². The first-order valence-corrected chi connectivity index (χ1v) is 9.14. The minimum atomic E-state index is -0.184. The molecule has 1 aromatic carbocycles. The average molecular weight is 324 g/mol. The summed E-state index contributed by atoms with van der Waals surface area (Å²) in [6.07, 6.45) is 3.02. The van der Waals surface area contributed by atoms with Gasteiger partial charge in [0.05, 0.1) is 11.4 Å². The number of nitrogens with one attached hydrogen (secondary N) is 1. The molecule has 3 nitrogen and oxygen atoms in total. The topological polar surface area (TPSA) is 32.3 Å². The molecule has 1 aliphatic rings. The van der Waals surface area contributed by atoms with Gasteiger partial charge < -0.3 is 10.2 Å². The van der Waals surface area contributed by atoms with Gasteiger partial charge in [0.2, 0.25) is 5.91 Å².